The number of hydrogen-bond acceptors (Lipinski definition) is 6. The molecule has 2 aliphatic heterocycles. The van der Waals surface area contributed by atoms with E-state index in [-0.39, 0.29) is 11.9 Å². The van der Waals surface area contributed by atoms with Crippen LogP contribution in [0.5, 0.6) is 11.6 Å². The topological polar surface area (TPSA) is 85.1 Å². The Hall–Kier alpha value is -3.19. The molecule has 2 N–H and O–H groups in total. The summed E-state index contributed by atoms with van der Waals surface area (Å²) in [4.78, 5) is 0. The minimum absolute atomic E-state index is 0.124. The van der Waals surface area contributed by atoms with Crippen molar-refractivity contribution >= 4 is 0 Å². The lowest BCUT2D eigenvalue weighted by atomic mass is 9.99. The number of aryl methyl sites for hydroxylation is 1. The highest BCUT2D eigenvalue weighted by atomic mass is 16.5. The van der Waals surface area contributed by atoms with Gasteiger partial charge >= 0.3 is 0 Å². The van der Waals surface area contributed by atoms with Crippen LogP contribution in [0.15, 0.2) is 53.7 Å². The first-order valence-corrected chi connectivity index (χ1v) is 10.3. The fourth-order valence-electron chi connectivity index (χ4n) is 4.39. The molecule has 154 valence electrons. The summed E-state index contributed by atoms with van der Waals surface area (Å²) in [6, 6.07) is 11.8. The van der Waals surface area contributed by atoms with Gasteiger partial charge in [-0.25, -0.2) is 4.68 Å². The van der Waals surface area contributed by atoms with Crippen LogP contribution in [0.3, 0.4) is 0 Å². The molecule has 4 heterocycles. The Morgan fingerprint density at radius 3 is 2.37 bits per heavy atom. The van der Waals surface area contributed by atoms with Crippen molar-refractivity contribution in [3.63, 3.8) is 0 Å². The van der Waals surface area contributed by atoms with E-state index in [0.717, 1.165) is 24.2 Å². The number of benzene rings is 1. The summed E-state index contributed by atoms with van der Waals surface area (Å²) >= 11 is 0. The SMILES string of the molecule is CC1=C(C)C2CC(Oc3ccc(-c4ccc(-n5ccc(C)n5)cc4O)nn3)CC1N2. The van der Waals surface area contributed by atoms with Gasteiger partial charge in [-0.2, -0.15) is 5.10 Å². The number of phenolic OH excluding ortho intramolecular Hbond substituents is 1. The summed E-state index contributed by atoms with van der Waals surface area (Å²) in [5.74, 6) is 0.652. The summed E-state index contributed by atoms with van der Waals surface area (Å²) in [5.41, 5.74) is 5.81. The molecule has 3 aromatic rings. The second-order valence-electron chi connectivity index (χ2n) is 8.21. The Morgan fingerprint density at radius 1 is 1.00 bits per heavy atom. The monoisotopic (exact) mass is 403 g/mol. The maximum atomic E-state index is 10.5. The van der Waals surface area contributed by atoms with E-state index in [9.17, 15) is 5.11 Å². The molecule has 2 aliphatic rings. The Kier molecular flexibility index (Phi) is 4.55. The fraction of sp³-hybridized carbons (Fsp3) is 0.348. The number of aromatic hydroxyl groups is 1. The van der Waals surface area contributed by atoms with Crippen molar-refractivity contribution in [3.05, 3.63) is 59.4 Å². The van der Waals surface area contributed by atoms with Crippen LogP contribution in [0.4, 0.5) is 0 Å². The smallest absolute Gasteiger partial charge is 0.233 e. The van der Waals surface area contributed by atoms with Crippen LogP contribution < -0.4 is 10.1 Å². The number of hydrogen-bond donors (Lipinski definition) is 2. The van der Waals surface area contributed by atoms with Crippen LogP contribution in [0.25, 0.3) is 16.9 Å². The van der Waals surface area contributed by atoms with E-state index < -0.39 is 0 Å². The van der Waals surface area contributed by atoms with Crippen LogP contribution in [0.1, 0.15) is 32.4 Å². The quantitative estimate of drug-likeness (QED) is 0.648. The van der Waals surface area contributed by atoms with Crippen molar-refractivity contribution in [2.45, 2.75) is 51.8 Å². The molecule has 30 heavy (non-hydrogen) atoms. The zero-order valence-corrected chi connectivity index (χ0v) is 17.3. The number of nitrogens with zero attached hydrogens (tertiary/aromatic N) is 4. The van der Waals surface area contributed by atoms with E-state index in [2.05, 4.69) is 34.5 Å². The van der Waals surface area contributed by atoms with E-state index in [4.69, 9.17) is 4.74 Å². The Labute approximate surface area is 175 Å². The number of ether oxygens (including phenoxy) is 1. The summed E-state index contributed by atoms with van der Waals surface area (Å²) in [6.07, 6.45) is 3.87. The van der Waals surface area contributed by atoms with Crippen LogP contribution in [0, 0.1) is 6.92 Å². The predicted octanol–water partition coefficient (Wildman–Crippen LogP) is 3.56. The number of aromatic nitrogens is 4. The standard InChI is InChI=1S/C23H25N5O2/c1-13-8-9-28(27-13)16-4-5-18(22(29)10-16)19-6-7-23(26-25-19)30-17-11-20-14(2)15(3)21(12-17)24-20/h4-10,17,20-21,24,29H,11-12H2,1-3H3. The molecule has 0 amide bonds. The summed E-state index contributed by atoms with van der Waals surface area (Å²) in [6.45, 7) is 6.34. The zero-order chi connectivity index (χ0) is 20.8. The third kappa shape index (κ3) is 3.35. The highest BCUT2D eigenvalue weighted by molar-refractivity contribution is 5.68. The molecule has 2 aromatic heterocycles. The molecule has 0 spiro atoms. The van der Waals surface area contributed by atoms with Gasteiger partial charge < -0.3 is 15.2 Å². The molecule has 1 aromatic carbocycles. The van der Waals surface area contributed by atoms with Gasteiger partial charge in [-0.3, -0.25) is 0 Å². The van der Waals surface area contributed by atoms with Gasteiger partial charge in [0.2, 0.25) is 5.88 Å². The van der Waals surface area contributed by atoms with Crippen molar-refractivity contribution in [3.8, 4) is 28.6 Å². The second kappa shape index (κ2) is 7.25. The number of fused-ring (bicyclic) bond motifs is 2. The molecule has 0 saturated carbocycles. The normalized spacial score (nSPS) is 23.1. The number of nitrogens with one attached hydrogen (secondary N) is 1. The van der Waals surface area contributed by atoms with E-state index in [1.165, 1.54) is 11.1 Å². The zero-order valence-electron chi connectivity index (χ0n) is 17.3. The molecule has 7 nitrogen and oxygen atoms in total. The lowest BCUT2D eigenvalue weighted by Gasteiger charge is -2.30. The van der Waals surface area contributed by atoms with E-state index in [1.54, 1.807) is 10.7 Å². The van der Waals surface area contributed by atoms with Crippen LogP contribution in [-0.4, -0.2) is 43.3 Å². The second-order valence-corrected chi connectivity index (χ2v) is 8.21. The average molecular weight is 403 g/mol. The van der Waals surface area contributed by atoms with Gasteiger partial charge in [0.1, 0.15) is 11.9 Å². The first kappa shape index (κ1) is 18.8. The van der Waals surface area contributed by atoms with Gasteiger partial charge in [0.25, 0.3) is 0 Å². The largest absolute Gasteiger partial charge is 0.507 e. The molecule has 0 radical (unpaired) electrons. The van der Waals surface area contributed by atoms with Crippen molar-refractivity contribution in [1.82, 2.24) is 25.3 Å². The third-order valence-corrected chi connectivity index (χ3v) is 6.24. The molecule has 2 unspecified atom stereocenters. The van der Waals surface area contributed by atoms with Gasteiger partial charge in [0.05, 0.1) is 17.1 Å². The summed E-state index contributed by atoms with van der Waals surface area (Å²) < 4.78 is 7.85. The minimum Gasteiger partial charge on any atom is -0.507 e. The highest BCUT2D eigenvalue weighted by Gasteiger charge is 2.37. The van der Waals surface area contributed by atoms with Crippen molar-refractivity contribution in [1.29, 1.82) is 0 Å². The van der Waals surface area contributed by atoms with Crippen molar-refractivity contribution < 1.29 is 9.84 Å². The molecule has 2 bridgehead atoms. The molecule has 0 aliphatic carbocycles. The van der Waals surface area contributed by atoms with E-state index >= 15 is 0 Å². The Bertz CT molecular complexity index is 1100. The molecular weight excluding hydrogens is 378 g/mol. The first-order valence-electron chi connectivity index (χ1n) is 10.3. The van der Waals surface area contributed by atoms with Crippen molar-refractivity contribution in [2.75, 3.05) is 0 Å². The molecular formula is C23H25N5O2. The maximum absolute atomic E-state index is 10.5. The first-order chi connectivity index (χ1) is 14.5. The summed E-state index contributed by atoms with van der Waals surface area (Å²) in [7, 11) is 0. The number of phenols is 1. The molecule has 1 fully saturated rings. The van der Waals surface area contributed by atoms with Gasteiger partial charge in [-0.15, -0.1) is 10.2 Å². The summed E-state index contributed by atoms with van der Waals surface area (Å²) in [5, 5.41) is 27.0. The van der Waals surface area contributed by atoms with Gasteiger partial charge in [0, 0.05) is 48.8 Å². The molecule has 7 heteroatoms. The number of piperidine rings is 1. The predicted molar refractivity (Wildman–Crippen MR) is 114 cm³/mol. The lowest BCUT2D eigenvalue weighted by Crippen LogP contribution is -2.44. The fourth-order valence-corrected chi connectivity index (χ4v) is 4.39. The molecule has 2 atom stereocenters. The van der Waals surface area contributed by atoms with E-state index in [1.807, 2.05) is 43.5 Å². The minimum atomic E-state index is 0.124. The third-order valence-electron chi connectivity index (χ3n) is 6.24. The average Bonchev–Trinajstić information content (AvgIpc) is 3.26. The van der Waals surface area contributed by atoms with E-state index in [0.29, 0.717) is 29.2 Å². The lowest BCUT2D eigenvalue weighted by molar-refractivity contribution is 0.132. The highest BCUT2D eigenvalue weighted by Crippen LogP contribution is 2.34. The molecule has 5 rings (SSSR count). The van der Waals surface area contributed by atoms with Crippen LogP contribution in [-0.2, 0) is 0 Å². The maximum Gasteiger partial charge on any atom is 0.233 e. The Morgan fingerprint density at radius 2 is 1.77 bits per heavy atom. The van der Waals surface area contributed by atoms with Gasteiger partial charge in [0.15, 0.2) is 0 Å². The van der Waals surface area contributed by atoms with Crippen molar-refractivity contribution in [2.24, 2.45) is 0 Å². The molecule has 1 saturated heterocycles. The van der Waals surface area contributed by atoms with Crippen LogP contribution >= 0.6 is 0 Å². The Balaban J connectivity index is 1.30. The van der Waals surface area contributed by atoms with Gasteiger partial charge in [-0.1, -0.05) is 11.1 Å². The van der Waals surface area contributed by atoms with Crippen LogP contribution in [0.2, 0.25) is 0 Å². The number of rotatable bonds is 4. The van der Waals surface area contributed by atoms with Gasteiger partial charge in [-0.05, 0) is 45.0 Å².